The van der Waals surface area contributed by atoms with Gasteiger partial charge in [0.25, 0.3) is 5.91 Å². The van der Waals surface area contributed by atoms with E-state index in [2.05, 4.69) is 0 Å². The first kappa shape index (κ1) is 10.7. The zero-order chi connectivity index (χ0) is 10.8. The van der Waals surface area contributed by atoms with Crippen LogP contribution in [-0.2, 0) is 10.0 Å². The summed E-state index contributed by atoms with van der Waals surface area (Å²) in [5.41, 5.74) is 1.12. The number of aryl methyl sites for hydroxylation is 1. The van der Waals surface area contributed by atoms with Crippen LogP contribution in [0.25, 0.3) is 0 Å². The summed E-state index contributed by atoms with van der Waals surface area (Å²) in [4.78, 5) is 11.4. The van der Waals surface area contributed by atoms with Crippen molar-refractivity contribution < 1.29 is 14.6 Å². The summed E-state index contributed by atoms with van der Waals surface area (Å²) >= 11 is 0. The molecule has 0 atom stereocenters. The smallest absolute Gasteiger partial charge is 0.264 e. The molecule has 0 spiro atoms. The highest BCUT2D eigenvalue weighted by Crippen LogP contribution is 2.06. The highest BCUT2D eigenvalue weighted by Gasteiger charge is 2.12. The van der Waals surface area contributed by atoms with Crippen molar-refractivity contribution in [3.63, 3.8) is 0 Å². The second kappa shape index (κ2) is 3.79. The quantitative estimate of drug-likeness (QED) is 0.798. The summed E-state index contributed by atoms with van der Waals surface area (Å²) in [7, 11) is -3.49. The summed E-state index contributed by atoms with van der Waals surface area (Å²) in [5, 5.41) is 0. The number of rotatable bonds is 2. The molecule has 0 aliphatic heterocycles. The second-order valence-corrected chi connectivity index (χ2v) is 4.77. The monoisotopic (exact) mass is 215 g/mol. The maximum Gasteiger partial charge on any atom is 0.264 e. The zero-order valence-electron chi connectivity index (χ0n) is 7.94. The predicted octanol–water partition coefficient (Wildman–Crippen LogP) is 0.930. The van der Waals surface area contributed by atoms with Gasteiger partial charge in [-0.05, 0) is 18.6 Å². The molecule has 0 bridgehead atoms. The Balaban J connectivity index is 0.00000196. The molecule has 5 heteroatoms. The summed E-state index contributed by atoms with van der Waals surface area (Å²) in [6.45, 7) is 1.75. The molecule has 0 aromatic heterocycles. The van der Waals surface area contributed by atoms with Gasteiger partial charge in [-0.25, -0.2) is 13.1 Å². The third kappa shape index (κ3) is 2.85. The molecule has 0 radical (unpaired) electrons. The molecular weight excluding hydrogens is 202 g/mol. The van der Waals surface area contributed by atoms with Crippen LogP contribution in [0.3, 0.4) is 0 Å². The van der Waals surface area contributed by atoms with Crippen LogP contribution in [0, 0.1) is 6.92 Å². The molecular formula is C9H13NO3S. The second-order valence-electron chi connectivity index (χ2n) is 3.02. The van der Waals surface area contributed by atoms with Gasteiger partial charge in [-0.1, -0.05) is 18.2 Å². The molecule has 1 amide bonds. The van der Waals surface area contributed by atoms with E-state index in [1.807, 2.05) is 4.72 Å². The van der Waals surface area contributed by atoms with Crippen LogP contribution >= 0.6 is 0 Å². The lowest BCUT2D eigenvalue weighted by Gasteiger charge is -2.04. The average molecular weight is 215 g/mol. The molecule has 1 N–H and O–H groups in total. The fourth-order valence-corrected chi connectivity index (χ4v) is 1.50. The Hall–Kier alpha value is -1.36. The van der Waals surface area contributed by atoms with Crippen molar-refractivity contribution in [1.82, 2.24) is 4.72 Å². The number of sulfonamides is 1. The van der Waals surface area contributed by atoms with Gasteiger partial charge < -0.3 is 0 Å². The fraction of sp³-hybridized carbons (Fsp3) is 0.222. The molecule has 14 heavy (non-hydrogen) atoms. The lowest BCUT2D eigenvalue weighted by atomic mass is 10.1. The number of hydrogen-bond donors (Lipinski definition) is 1. The predicted molar refractivity (Wildman–Crippen MR) is 55.6 cm³/mol. The number of carbonyl (C=O) groups excluding carboxylic acids is 1. The number of amides is 1. The Bertz CT molecular complexity index is 456. The number of nitrogens with one attached hydrogen (secondary N) is 1. The van der Waals surface area contributed by atoms with E-state index in [9.17, 15) is 13.2 Å². The molecule has 78 valence electrons. The van der Waals surface area contributed by atoms with Gasteiger partial charge in [0.15, 0.2) is 0 Å². The molecule has 0 heterocycles. The Kier molecular flexibility index (Phi) is 2.90. The minimum atomic E-state index is -3.49. The van der Waals surface area contributed by atoms with Crippen molar-refractivity contribution >= 4 is 15.9 Å². The van der Waals surface area contributed by atoms with Crippen molar-refractivity contribution in [2.75, 3.05) is 6.26 Å². The van der Waals surface area contributed by atoms with E-state index in [1.54, 1.807) is 31.2 Å². The van der Waals surface area contributed by atoms with Crippen molar-refractivity contribution in [3.05, 3.63) is 35.4 Å². The first-order chi connectivity index (χ1) is 6.40. The molecule has 4 nitrogen and oxygen atoms in total. The van der Waals surface area contributed by atoms with Gasteiger partial charge in [-0.15, -0.1) is 0 Å². The average Bonchev–Trinajstić information content (AvgIpc) is 2.01. The van der Waals surface area contributed by atoms with Crippen molar-refractivity contribution in [2.24, 2.45) is 0 Å². The van der Waals surface area contributed by atoms with E-state index in [0.29, 0.717) is 5.56 Å². The molecule has 0 fully saturated rings. The Morgan fingerprint density at radius 2 is 1.93 bits per heavy atom. The van der Waals surface area contributed by atoms with Gasteiger partial charge in [0.1, 0.15) is 0 Å². The third-order valence-corrected chi connectivity index (χ3v) is 2.22. The highest BCUT2D eigenvalue weighted by atomic mass is 32.2. The van der Waals surface area contributed by atoms with Crippen molar-refractivity contribution in [3.8, 4) is 0 Å². The van der Waals surface area contributed by atoms with Crippen LogP contribution in [0.1, 0.15) is 17.3 Å². The maximum atomic E-state index is 11.4. The molecule has 1 rings (SSSR count). The van der Waals surface area contributed by atoms with Crippen LogP contribution < -0.4 is 4.72 Å². The van der Waals surface area contributed by atoms with Crippen LogP contribution in [0.2, 0.25) is 0 Å². The Morgan fingerprint density at radius 1 is 1.36 bits per heavy atom. The van der Waals surface area contributed by atoms with Crippen LogP contribution in [-0.4, -0.2) is 20.6 Å². The van der Waals surface area contributed by atoms with Gasteiger partial charge in [0.2, 0.25) is 10.0 Å². The summed E-state index contributed by atoms with van der Waals surface area (Å²) < 4.78 is 23.5. The normalized spacial score (nSPS) is 11.0. The number of hydrogen-bond acceptors (Lipinski definition) is 3. The van der Waals surface area contributed by atoms with E-state index in [-0.39, 0.29) is 1.43 Å². The summed E-state index contributed by atoms with van der Waals surface area (Å²) in [5.74, 6) is -0.592. The highest BCUT2D eigenvalue weighted by molar-refractivity contribution is 7.89. The fourth-order valence-electron chi connectivity index (χ4n) is 1.05. The largest absolute Gasteiger partial charge is 0.268 e. The van der Waals surface area contributed by atoms with Crippen molar-refractivity contribution in [2.45, 2.75) is 6.92 Å². The van der Waals surface area contributed by atoms with E-state index in [1.165, 1.54) is 0 Å². The first-order valence-electron chi connectivity index (χ1n) is 3.98. The van der Waals surface area contributed by atoms with E-state index < -0.39 is 15.9 Å². The van der Waals surface area contributed by atoms with E-state index in [0.717, 1.165) is 11.8 Å². The molecule has 0 aliphatic carbocycles. The van der Waals surface area contributed by atoms with Gasteiger partial charge in [-0.2, -0.15) is 0 Å². The van der Waals surface area contributed by atoms with Crippen molar-refractivity contribution in [1.29, 1.82) is 0 Å². The Labute approximate surface area is 84.5 Å². The Morgan fingerprint density at radius 3 is 2.43 bits per heavy atom. The van der Waals surface area contributed by atoms with Crippen LogP contribution in [0.5, 0.6) is 0 Å². The molecule has 0 aliphatic rings. The minimum Gasteiger partial charge on any atom is -0.268 e. The lowest BCUT2D eigenvalue weighted by Crippen LogP contribution is -2.29. The number of benzene rings is 1. The van der Waals surface area contributed by atoms with Crippen LogP contribution in [0.15, 0.2) is 24.3 Å². The minimum absolute atomic E-state index is 0. The molecule has 1 aromatic rings. The summed E-state index contributed by atoms with van der Waals surface area (Å²) in [6.07, 6.45) is 0.948. The van der Waals surface area contributed by atoms with E-state index >= 15 is 0 Å². The standard InChI is InChI=1S/C9H11NO3S.H2/c1-7-5-3-4-6-8(7)9(11)10-14(2,12)13;/h3-6H,1-2H3,(H,10,11);1H. The molecule has 0 unspecified atom stereocenters. The van der Waals surface area contributed by atoms with E-state index in [4.69, 9.17) is 0 Å². The molecule has 0 saturated carbocycles. The molecule has 1 aromatic carbocycles. The first-order valence-corrected chi connectivity index (χ1v) is 5.87. The van der Waals surface area contributed by atoms with Gasteiger partial charge in [-0.3, -0.25) is 4.79 Å². The number of carbonyl (C=O) groups is 1. The third-order valence-electron chi connectivity index (χ3n) is 1.67. The zero-order valence-corrected chi connectivity index (χ0v) is 8.76. The van der Waals surface area contributed by atoms with Gasteiger partial charge in [0, 0.05) is 6.99 Å². The lowest BCUT2D eigenvalue weighted by molar-refractivity contribution is 0.0981. The molecule has 0 saturated heterocycles. The van der Waals surface area contributed by atoms with Crippen LogP contribution in [0.4, 0.5) is 0 Å². The SMILES string of the molecule is Cc1ccccc1C(=O)NS(C)(=O)=O.[HH]. The summed E-state index contributed by atoms with van der Waals surface area (Å²) in [6, 6.07) is 6.80. The van der Waals surface area contributed by atoms with Gasteiger partial charge in [0.05, 0.1) is 6.26 Å². The maximum absolute atomic E-state index is 11.4. The van der Waals surface area contributed by atoms with Gasteiger partial charge >= 0.3 is 0 Å². The topological polar surface area (TPSA) is 63.2 Å².